The number of hydrogen-bond acceptors (Lipinski definition) is 3. The normalized spacial score (nSPS) is 23.9. The van der Waals surface area contributed by atoms with Gasteiger partial charge < -0.3 is 10.5 Å². The average molecular weight is 241 g/mol. The molecule has 1 heterocycles. The van der Waals surface area contributed by atoms with E-state index in [0.717, 1.165) is 18.2 Å². The van der Waals surface area contributed by atoms with Gasteiger partial charge in [-0.2, -0.15) is 0 Å². The van der Waals surface area contributed by atoms with E-state index in [2.05, 4.69) is 0 Å². The molecule has 1 aromatic carbocycles. The van der Waals surface area contributed by atoms with Crippen LogP contribution in [0.1, 0.15) is 12.0 Å². The Balaban J connectivity index is 2.15. The Morgan fingerprint density at radius 3 is 2.88 bits per heavy atom. The first-order valence-electron chi connectivity index (χ1n) is 5.35. The van der Waals surface area contributed by atoms with Crippen LogP contribution in [0.2, 0.25) is 0 Å². The minimum Gasteiger partial charge on any atom is -0.379 e. The molecular weight excluding hydrogens is 228 g/mol. The molecule has 1 unspecified atom stereocenters. The molecule has 1 saturated heterocycles. The summed E-state index contributed by atoms with van der Waals surface area (Å²) >= 11 is 0. The second-order valence-electron chi connectivity index (χ2n) is 4.29. The van der Waals surface area contributed by atoms with Gasteiger partial charge in [0.1, 0.15) is 17.2 Å². The average Bonchev–Trinajstić information content (AvgIpc) is 2.72. The fourth-order valence-electron chi connectivity index (χ4n) is 1.83. The van der Waals surface area contributed by atoms with Gasteiger partial charge in [0.15, 0.2) is 5.78 Å². The third-order valence-electron chi connectivity index (χ3n) is 2.97. The fraction of sp³-hybridized carbons (Fsp3) is 0.417. The summed E-state index contributed by atoms with van der Waals surface area (Å²) in [6.07, 6.45) is 0.215. The summed E-state index contributed by atoms with van der Waals surface area (Å²) in [6.45, 7) is 0.566. The van der Waals surface area contributed by atoms with E-state index in [4.69, 9.17) is 10.5 Å². The first kappa shape index (κ1) is 12.1. The van der Waals surface area contributed by atoms with Crippen LogP contribution in [0.3, 0.4) is 0 Å². The van der Waals surface area contributed by atoms with E-state index in [1.165, 1.54) is 0 Å². The predicted octanol–water partition coefficient (Wildman–Crippen LogP) is 1.19. The van der Waals surface area contributed by atoms with Crippen molar-refractivity contribution in [3.05, 3.63) is 35.4 Å². The van der Waals surface area contributed by atoms with Crippen LogP contribution >= 0.6 is 0 Å². The number of benzene rings is 1. The van der Waals surface area contributed by atoms with E-state index in [1.807, 2.05) is 0 Å². The highest BCUT2D eigenvalue weighted by Gasteiger charge is 2.37. The number of carbonyl (C=O) groups excluding carboxylic acids is 1. The summed E-state index contributed by atoms with van der Waals surface area (Å²) in [5.74, 6) is -1.48. The second kappa shape index (κ2) is 4.50. The van der Waals surface area contributed by atoms with E-state index in [9.17, 15) is 13.6 Å². The number of ether oxygens (including phenoxy) is 1. The molecule has 1 aliphatic rings. The van der Waals surface area contributed by atoms with Crippen molar-refractivity contribution in [2.45, 2.75) is 18.4 Å². The third kappa shape index (κ3) is 2.50. The number of Topliss-reactive ketones (excluding diaryl/α,β-unsaturated/α-hetero) is 1. The number of rotatable bonds is 3. The molecule has 5 heteroatoms. The van der Waals surface area contributed by atoms with Gasteiger partial charge in [0, 0.05) is 13.0 Å². The monoisotopic (exact) mass is 241 g/mol. The molecule has 0 amide bonds. The summed E-state index contributed by atoms with van der Waals surface area (Å²) < 4.78 is 31.3. The van der Waals surface area contributed by atoms with Gasteiger partial charge in [0.2, 0.25) is 0 Å². The van der Waals surface area contributed by atoms with Crippen LogP contribution in [-0.4, -0.2) is 24.5 Å². The molecular formula is C12H13F2NO2. The maximum atomic E-state index is 13.4. The SMILES string of the molecule is NC1(C(=O)Cc2cc(F)ccc2F)CCOC1. The highest BCUT2D eigenvalue weighted by atomic mass is 19.1. The smallest absolute Gasteiger partial charge is 0.159 e. The Morgan fingerprint density at radius 2 is 2.24 bits per heavy atom. The molecule has 17 heavy (non-hydrogen) atoms. The van der Waals surface area contributed by atoms with Crippen molar-refractivity contribution in [3.63, 3.8) is 0 Å². The van der Waals surface area contributed by atoms with Crippen molar-refractivity contribution >= 4 is 5.78 Å². The second-order valence-corrected chi connectivity index (χ2v) is 4.29. The zero-order chi connectivity index (χ0) is 12.5. The van der Waals surface area contributed by atoms with Gasteiger partial charge >= 0.3 is 0 Å². The molecule has 92 valence electrons. The van der Waals surface area contributed by atoms with Gasteiger partial charge in [-0.15, -0.1) is 0 Å². The Morgan fingerprint density at radius 1 is 1.47 bits per heavy atom. The number of hydrogen-bond donors (Lipinski definition) is 1. The van der Waals surface area contributed by atoms with E-state index < -0.39 is 17.2 Å². The topological polar surface area (TPSA) is 52.3 Å². The Kier molecular flexibility index (Phi) is 3.22. The first-order chi connectivity index (χ1) is 8.01. The third-order valence-corrected chi connectivity index (χ3v) is 2.97. The predicted molar refractivity (Wildman–Crippen MR) is 57.4 cm³/mol. The number of carbonyl (C=O) groups is 1. The zero-order valence-electron chi connectivity index (χ0n) is 9.21. The van der Waals surface area contributed by atoms with E-state index in [-0.39, 0.29) is 24.4 Å². The van der Waals surface area contributed by atoms with Crippen LogP contribution < -0.4 is 5.73 Å². The lowest BCUT2D eigenvalue weighted by molar-refractivity contribution is -0.123. The summed E-state index contributed by atoms with van der Waals surface area (Å²) in [5, 5.41) is 0. The van der Waals surface area contributed by atoms with Crippen molar-refractivity contribution in [1.29, 1.82) is 0 Å². The van der Waals surface area contributed by atoms with Gasteiger partial charge in [-0.1, -0.05) is 0 Å². The molecule has 0 spiro atoms. The first-order valence-corrected chi connectivity index (χ1v) is 5.35. The summed E-state index contributed by atoms with van der Waals surface area (Å²) in [5.41, 5.74) is 4.83. The fourth-order valence-corrected chi connectivity index (χ4v) is 1.83. The van der Waals surface area contributed by atoms with Crippen LogP contribution in [0.5, 0.6) is 0 Å². The Bertz CT molecular complexity index is 442. The van der Waals surface area contributed by atoms with Crippen LogP contribution in [0, 0.1) is 11.6 Å². The molecule has 1 aromatic rings. The molecule has 2 rings (SSSR count). The molecule has 0 saturated carbocycles. The molecule has 0 radical (unpaired) electrons. The molecule has 3 nitrogen and oxygen atoms in total. The van der Waals surface area contributed by atoms with Crippen molar-refractivity contribution in [2.24, 2.45) is 5.73 Å². The van der Waals surface area contributed by atoms with Gasteiger partial charge in [-0.3, -0.25) is 4.79 Å². The maximum Gasteiger partial charge on any atom is 0.159 e. The quantitative estimate of drug-likeness (QED) is 0.865. The van der Waals surface area contributed by atoms with Crippen LogP contribution in [0.15, 0.2) is 18.2 Å². The molecule has 2 N–H and O–H groups in total. The molecule has 0 aliphatic carbocycles. The Labute approximate surface area is 97.6 Å². The zero-order valence-corrected chi connectivity index (χ0v) is 9.21. The van der Waals surface area contributed by atoms with Gasteiger partial charge in [-0.05, 0) is 30.2 Å². The van der Waals surface area contributed by atoms with Crippen molar-refractivity contribution in [2.75, 3.05) is 13.2 Å². The minimum absolute atomic E-state index is 0.0340. The summed E-state index contributed by atoms with van der Waals surface area (Å²) in [7, 11) is 0. The van der Waals surface area contributed by atoms with E-state index in [1.54, 1.807) is 0 Å². The molecule has 1 fully saturated rings. The number of nitrogens with two attached hydrogens (primary N) is 1. The summed E-state index contributed by atoms with van der Waals surface area (Å²) in [6, 6.07) is 3.04. The van der Waals surface area contributed by atoms with Crippen molar-refractivity contribution < 1.29 is 18.3 Å². The lowest BCUT2D eigenvalue weighted by Crippen LogP contribution is -2.49. The van der Waals surface area contributed by atoms with Gasteiger partial charge in [0.25, 0.3) is 0 Å². The van der Waals surface area contributed by atoms with Crippen molar-refractivity contribution in [1.82, 2.24) is 0 Å². The Hall–Kier alpha value is -1.33. The van der Waals surface area contributed by atoms with Crippen LogP contribution in [-0.2, 0) is 16.0 Å². The lowest BCUT2D eigenvalue weighted by atomic mass is 9.90. The van der Waals surface area contributed by atoms with Crippen LogP contribution in [0.25, 0.3) is 0 Å². The van der Waals surface area contributed by atoms with Gasteiger partial charge in [-0.25, -0.2) is 8.78 Å². The molecule has 0 bridgehead atoms. The largest absolute Gasteiger partial charge is 0.379 e. The minimum atomic E-state index is -1.06. The number of halogens is 2. The maximum absolute atomic E-state index is 13.4. The van der Waals surface area contributed by atoms with Gasteiger partial charge in [0.05, 0.1) is 6.61 Å². The number of ketones is 1. The molecule has 1 aliphatic heterocycles. The molecule has 0 aromatic heterocycles. The highest BCUT2D eigenvalue weighted by molar-refractivity contribution is 5.90. The van der Waals surface area contributed by atoms with E-state index >= 15 is 0 Å². The highest BCUT2D eigenvalue weighted by Crippen LogP contribution is 2.20. The standard InChI is InChI=1S/C12H13F2NO2/c13-9-1-2-10(14)8(5-9)6-11(16)12(15)3-4-17-7-12/h1-2,5H,3-4,6-7,15H2. The summed E-state index contributed by atoms with van der Waals surface area (Å²) in [4.78, 5) is 11.9. The lowest BCUT2D eigenvalue weighted by Gasteiger charge is -2.19. The van der Waals surface area contributed by atoms with Crippen LogP contribution in [0.4, 0.5) is 8.78 Å². The van der Waals surface area contributed by atoms with E-state index in [0.29, 0.717) is 13.0 Å². The molecule has 1 atom stereocenters. The van der Waals surface area contributed by atoms with Crippen molar-refractivity contribution in [3.8, 4) is 0 Å².